The van der Waals surface area contributed by atoms with Crippen LogP contribution in [0.5, 0.6) is 0 Å². The van der Waals surface area contributed by atoms with Gasteiger partial charge in [-0.2, -0.15) is 23.5 Å². The number of aromatic nitrogens is 5. The van der Waals surface area contributed by atoms with Gasteiger partial charge in [0.15, 0.2) is 0 Å². The lowest BCUT2D eigenvalue weighted by molar-refractivity contribution is -0.137. The fourth-order valence-electron chi connectivity index (χ4n) is 3.24. The van der Waals surface area contributed by atoms with Gasteiger partial charge in [-0.15, -0.1) is 0 Å². The molecule has 0 N–H and O–H groups in total. The highest BCUT2D eigenvalue weighted by atomic mass is 19.4. The molecule has 0 aliphatic rings. The maximum Gasteiger partial charge on any atom is 0.419 e. The van der Waals surface area contributed by atoms with Crippen molar-refractivity contribution in [2.45, 2.75) is 32.1 Å². The van der Waals surface area contributed by atoms with Crippen LogP contribution >= 0.6 is 0 Å². The third-order valence-corrected chi connectivity index (χ3v) is 4.48. The molecule has 154 valence electrons. The SMILES string of the molecule is CC(F)(F)Cn1c(Cn2cc(C(F)(F)F)cn2)nc2cnc3ccc(C#N)cc3c21. The number of fused-ring (bicyclic) bond motifs is 3. The molecule has 11 heteroatoms. The Labute approximate surface area is 166 Å². The lowest BCUT2D eigenvalue weighted by atomic mass is 10.1. The van der Waals surface area contributed by atoms with E-state index in [4.69, 9.17) is 0 Å². The lowest BCUT2D eigenvalue weighted by Gasteiger charge is -2.15. The van der Waals surface area contributed by atoms with E-state index in [9.17, 15) is 27.2 Å². The van der Waals surface area contributed by atoms with Gasteiger partial charge in [-0.05, 0) is 18.2 Å². The molecule has 0 amide bonds. The highest BCUT2D eigenvalue weighted by Gasteiger charge is 2.32. The lowest BCUT2D eigenvalue weighted by Crippen LogP contribution is -2.22. The van der Waals surface area contributed by atoms with E-state index in [1.807, 2.05) is 6.07 Å². The highest BCUT2D eigenvalue weighted by molar-refractivity contribution is 6.02. The average Bonchev–Trinajstić information content (AvgIpc) is 3.25. The van der Waals surface area contributed by atoms with Crippen molar-refractivity contribution in [2.75, 3.05) is 0 Å². The maximum atomic E-state index is 14.0. The minimum atomic E-state index is -4.57. The summed E-state index contributed by atoms with van der Waals surface area (Å²) in [5, 5.41) is 13.3. The quantitative estimate of drug-likeness (QED) is 0.460. The van der Waals surface area contributed by atoms with Gasteiger partial charge < -0.3 is 4.57 Å². The number of pyridine rings is 1. The zero-order chi connectivity index (χ0) is 21.7. The standard InChI is InChI=1S/C19H13F5N6/c1-18(20,21)10-30-16(9-29-8-12(6-27-29)19(22,23)24)28-15-7-26-14-3-2-11(5-25)4-13(14)17(15)30/h2-4,6-8H,9-10H2,1H3. The summed E-state index contributed by atoms with van der Waals surface area (Å²) in [4.78, 5) is 8.55. The molecule has 0 saturated heterocycles. The van der Waals surface area contributed by atoms with Crippen molar-refractivity contribution in [3.8, 4) is 6.07 Å². The smallest absolute Gasteiger partial charge is 0.320 e. The number of rotatable bonds is 4. The number of alkyl halides is 5. The molecule has 1 aromatic carbocycles. The number of benzene rings is 1. The van der Waals surface area contributed by atoms with Crippen molar-refractivity contribution in [1.29, 1.82) is 5.26 Å². The van der Waals surface area contributed by atoms with Crippen LogP contribution in [0.3, 0.4) is 0 Å². The van der Waals surface area contributed by atoms with E-state index in [0.717, 1.165) is 17.8 Å². The van der Waals surface area contributed by atoms with E-state index < -0.39 is 24.2 Å². The first-order chi connectivity index (χ1) is 14.0. The van der Waals surface area contributed by atoms with Gasteiger partial charge in [0.1, 0.15) is 11.3 Å². The number of nitrogens with zero attached hydrogens (tertiary/aromatic N) is 6. The summed E-state index contributed by atoms with van der Waals surface area (Å²) in [5.41, 5.74) is 0.469. The van der Waals surface area contributed by atoms with Crippen LogP contribution in [0.4, 0.5) is 22.0 Å². The molecule has 0 bridgehead atoms. The minimum absolute atomic E-state index is 0.0972. The number of halogens is 5. The van der Waals surface area contributed by atoms with E-state index in [1.54, 1.807) is 12.1 Å². The molecule has 3 heterocycles. The zero-order valence-electron chi connectivity index (χ0n) is 15.5. The summed E-state index contributed by atoms with van der Waals surface area (Å²) in [6.07, 6.45) is -1.71. The van der Waals surface area contributed by atoms with Crippen molar-refractivity contribution in [2.24, 2.45) is 0 Å². The Morgan fingerprint density at radius 2 is 1.87 bits per heavy atom. The molecular formula is C19H13F5N6. The summed E-state index contributed by atoms with van der Waals surface area (Å²) in [6, 6.07) is 6.66. The van der Waals surface area contributed by atoms with Crippen LogP contribution in [-0.2, 0) is 19.3 Å². The number of imidazole rings is 1. The first-order valence-corrected chi connectivity index (χ1v) is 8.70. The Morgan fingerprint density at radius 3 is 2.50 bits per heavy atom. The normalized spacial score (nSPS) is 12.6. The Bertz CT molecular complexity index is 1290. The van der Waals surface area contributed by atoms with Crippen LogP contribution in [0, 0.1) is 11.3 Å². The third kappa shape index (κ3) is 3.68. The molecule has 4 rings (SSSR count). The topological polar surface area (TPSA) is 72.3 Å². The Balaban J connectivity index is 1.90. The summed E-state index contributed by atoms with van der Waals surface area (Å²) >= 11 is 0. The summed E-state index contributed by atoms with van der Waals surface area (Å²) in [6.45, 7) is -0.259. The van der Waals surface area contributed by atoms with E-state index in [-0.39, 0.29) is 12.4 Å². The zero-order valence-corrected chi connectivity index (χ0v) is 15.5. The van der Waals surface area contributed by atoms with Gasteiger partial charge in [0, 0.05) is 18.5 Å². The van der Waals surface area contributed by atoms with Crippen LogP contribution < -0.4 is 0 Å². The molecule has 30 heavy (non-hydrogen) atoms. The van der Waals surface area contributed by atoms with Crippen LogP contribution in [0.25, 0.3) is 21.9 Å². The maximum absolute atomic E-state index is 14.0. The summed E-state index contributed by atoms with van der Waals surface area (Å²) < 4.78 is 68.7. The second-order valence-corrected chi connectivity index (χ2v) is 6.94. The third-order valence-electron chi connectivity index (χ3n) is 4.48. The van der Waals surface area contributed by atoms with E-state index in [2.05, 4.69) is 15.1 Å². The van der Waals surface area contributed by atoms with Crippen molar-refractivity contribution >= 4 is 21.9 Å². The fraction of sp³-hybridized carbons (Fsp3) is 0.263. The van der Waals surface area contributed by atoms with Gasteiger partial charge in [0.25, 0.3) is 5.92 Å². The minimum Gasteiger partial charge on any atom is -0.320 e. The molecule has 3 aromatic heterocycles. The van der Waals surface area contributed by atoms with Gasteiger partial charge in [-0.25, -0.2) is 13.8 Å². The van der Waals surface area contributed by atoms with Crippen LogP contribution in [-0.4, -0.2) is 30.2 Å². The molecule has 0 aliphatic heterocycles. The van der Waals surface area contributed by atoms with Crippen LogP contribution in [0.2, 0.25) is 0 Å². The Morgan fingerprint density at radius 1 is 1.10 bits per heavy atom. The first-order valence-electron chi connectivity index (χ1n) is 8.70. The molecule has 4 aromatic rings. The largest absolute Gasteiger partial charge is 0.419 e. The van der Waals surface area contributed by atoms with Crippen molar-refractivity contribution < 1.29 is 22.0 Å². The predicted molar refractivity (Wildman–Crippen MR) is 96.7 cm³/mol. The van der Waals surface area contributed by atoms with Crippen LogP contribution in [0.1, 0.15) is 23.9 Å². The highest BCUT2D eigenvalue weighted by Crippen LogP contribution is 2.30. The second-order valence-electron chi connectivity index (χ2n) is 6.94. The van der Waals surface area contributed by atoms with Gasteiger partial charge in [0.05, 0.1) is 53.7 Å². The van der Waals surface area contributed by atoms with Crippen molar-refractivity contribution in [3.63, 3.8) is 0 Å². The summed E-state index contributed by atoms with van der Waals surface area (Å²) in [7, 11) is 0. The van der Waals surface area contributed by atoms with Crippen molar-refractivity contribution in [3.05, 3.63) is 53.7 Å². The van der Waals surface area contributed by atoms with Crippen LogP contribution in [0.15, 0.2) is 36.8 Å². The van der Waals surface area contributed by atoms with Gasteiger partial charge >= 0.3 is 6.18 Å². The molecule has 0 fully saturated rings. The second kappa shape index (κ2) is 6.76. The number of nitriles is 1. The van der Waals surface area contributed by atoms with Gasteiger partial charge in [0.2, 0.25) is 0 Å². The average molecular weight is 420 g/mol. The summed E-state index contributed by atoms with van der Waals surface area (Å²) in [5.74, 6) is -3.02. The van der Waals surface area contributed by atoms with Gasteiger partial charge in [-0.1, -0.05) is 0 Å². The Hall–Kier alpha value is -3.55. The fourth-order valence-corrected chi connectivity index (χ4v) is 3.24. The first kappa shape index (κ1) is 19.8. The van der Waals surface area contributed by atoms with Gasteiger partial charge in [-0.3, -0.25) is 9.67 Å². The predicted octanol–water partition coefficient (Wildman–Crippen LogP) is 4.37. The molecule has 0 saturated carbocycles. The number of hydrogen-bond donors (Lipinski definition) is 0. The van der Waals surface area contributed by atoms with Crippen molar-refractivity contribution in [1.82, 2.24) is 24.3 Å². The Kier molecular flexibility index (Phi) is 4.45. The van der Waals surface area contributed by atoms with E-state index >= 15 is 0 Å². The molecule has 0 spiro atoms. The molecule has 0 unspecified atom stereocenters. The molecule has 0 radical (unpaired) electrons. The number of hydrogen-bond acceptors (Lipinski definition) is 4. The van der Waals surface area contributed by atoms with E-state index in [1.165, 1.54) is 16.8 Å². The molecule has 0 aliphatic carbocycles. The molecular weight excluding hydrogens is 407 g/mol. The molecule has 6 nitrogen and oxygen atoms in total. The monoisotopic (exact) mass is 420 g/mol. The molecule has 0 atom stereocenters. The van der Waals surface area contributed by atoms with E-state index in [0.29, 0.717) is 33.7 Å².